The predicted octanol–water partition coefficient (Wildman–Crippen LogP) is 3.34. The van der Waals surface area contributed by atoms with E-state index in [1.807, 2.05) is 26.0 Å². The van der Waals surface area contributed by atoms with Gasteiger partial charge in [-0.1, -0.05) is 28.1 Å². The minimum Gasteiger partial charge on any atom is -0.360 e. The Morgan fingerprint density at radius 2 is 2.05 bits per heavy atom. The first-order chi connectivity index (χ1) is 10.5. The lowest BCUT2D eigenvalue weighted by atomic mass is 10.2. The molecule has 0 radical (unpaired) electrons. The molecule has 118 valence electrons. The summed E-state index contributed by atoms with van der Waals surface area (Å²) in [6.07, 6.45) is 1.46. The number of benzene rings is 1. The standard InChI is InChI=1S/C15H17BrN2O3S/c1-3-21-11-18(14-10-13(16)8-7-12(14)2)22(19,20)15-6-4-5-9-17-15/h4-10H,3,11H2,1-2H3. The lowest BCUT2D eigenvalue weighted by Crippen LogP contribution is -2.34. The van der Waals surface area contributed by atoms with Crippen LogP contribution in [0.1, 0.15) is 12.5 Å². The molecule has 1 aromatic heterocycles. The highest BCUT2D eigenvalue weighted by Gasteiger charge is 2.27. The van der Waals surface area contributed by atoms with Crippen molar-refractivity contribution in [1.29, 1.82) is 0 Å². The van der Waals surface area contributed by atoms with Crippen molar-refractivity contribution in [3.05, 3.63) is 52.6 Å². The first kappa shape index (κ1) is 16.9. The molecule has 1 aromatic carbocycles. The van der Waals surface area contributed by atoms with Gasteiger partial charge in [-0.05, 0) is 43.7 Å². The van der Waals surface area contributed by atoms with E-state index in [-0.39, 0.29) is 11.8 Å². The van der Waals surface area contributed by atoms with Crippen LogP contribution in [0.25, 0.3) is 0 Å². The van der Waals surface area contributed by atoms with E-state index in [1.54, 1.807) is 18.2 Å². The fourth-order valence-corrected chi connectivity index (χ4v) is 3.59. The Balaban J connectivity index is 2.53. The molecule has 5 nitrogen and oxygen atoms in total. The van der Waals surface area contributed by atoms with Crippen molar-refractivity contribution in [1.82, 2.24) is 4.98 Å². The summed E-state index contributed by atoms with van der Waals surface area (Å²) in [6, 6.07) is 10.3. The zero-order valence-corrected chi connectivity index (χ0v) is 14.8. The maximum atomic E-state index is 12.9. The minimum absolute atomic E-state index is 0.00548. The molecule has 0 aliphatic heterocycles. The smallest absolute Gasteiger partial charge is 0.283 e. The molecule has 0 N–H and O–H groups in total. The summed E-state index contributed by atoms with van der Waals surface area (Å²) in [5, 5.41) is -0.00548. The van der Waals surface area contributed by atoms with Gasteiger partial charge in [-0.25, -0.2) is 9.29 Å². The third-order valence-corrected chi connectivity index (χ3v) is 5.19. The summed E-state index contributed by atoms with van der Waals surface area (Å²) >= 11 is 3.38. The van der Waals surface area contributed by atoms with Crippen LogP contribution in [0.15, 0.2) is 52.1 Å². The Morgan fingerprint density at radius 3 is 2.68 bits per heavy atom. The second-order valence-electron chi connectivity index (χ2n) is 4.57. The van der Waals surface area contributed by atoms with Gasteiger partial charge in [-0.2, -0.15) is 8.42 Å². The SMILES string of the molecule is CCOCN(c1cc(Br)ccc1C)S(=O)(=O)c1ccccn1. The molecular weight excluding hydrogens is 368 g/mol. The van der Waals surface area contributed by atoms with E-state index in [0.717, 1.165) is 10.0 Å². The molecule has 7 heteroatoms. The lowest BCUT2D eigenvalue weighted by molar-refractivity contribution is 0.157. The van der Waals surface area contributed by atoms with E-state index in [1.165, 1.54) is 16.6 Å². The zero-order chi connectivity index (χ0) is 16.2. The van der Waals surface area contributed by atoms with Gasteiger partial charge in [0.05, 0.1) is 5.69 Å². The van der Waals surface area contributed by atoms with Crippen LogP contribution >= 0.6 is 15.9 Å². The van der Waals surface area contributed by atoms with Crippen LogP contribution in [-0.4, -0.2) is 26.7 Å². The van der Waals surface area contributed by atoms with Crippen molar-refractivity contribution in [2.45, 2.75) is 18.9 Å². The molecule has 0 fully saturated rings. The summed E-state index contributed by atoms with van der Waals surface area (Å²) < 4.78 is 33.1. The third-order valence-electron chi connectivity index (χ3n) is 3.04. The summed E-state index contributed by atoms with van der Waals surface area (Å²) in [5.74, 6) is 0. The number of ether oxygens (including phenoxy) is 1. The van der Waals surface area contributed by atoms with Crippen LogP contribution in [-0.2, 0) is 14.8 Å². The highest BCUT2D eigenvalue weighted by atomic mass is 79.9. The van der Waals surface area contributed by atoms with Crippen LogP contribution in [0, 0.1) is 6.92 Å². The van der Waals surface area contributed by atoms with Crippen molar-refractivity contribution in [3.63, 3.8) is 0 Å². The van der Waals surface area contributed by atoms with E-state index in [4.69, 9.17) is 4.74 Å². The number of halogens is 1. The summed E-state index contributed by atoms with van der Waals surface area (Å²) in [7, 11) is -3.79. The van der Waals surface area contributed by atoms with Crippen molar-refractivity contribution in [2.75, 3.05) is 17.6 Å². The molecule has 0 amide bonds. The van der Waals surface area contributed by atoms with E-state index in [0.29, 0.717) is 12.3 Å². The topological polar surface area (TPSA) is 59.5 Å². The number of pyridine rings is 1. The van der Waals surface area contributed by atoms with Gasteiger partial charge >= 0.3 is 0 Å². The van der Waals surface area contributed by atoms with Gasteiger partial charge in [0.2, 0.25) is 0 Å². The second kappa shape index (κ2) is 7.21. The predicted molar refractivity (Wildman–Crippen MR) is 89.3 cm³/mol. The van der Waals surface area contributed by atoms with Crippen LogP contribution in [0.4, 0.5) is 5.69 Å². The maximum Gasteiger partial charge on any atom is 0.283 e. The molecule has 1 heterocycles. The molecule has 0 spiro atoms. The third kappa shape index (κ3) is 3.66. The normalized spacial score (nSPS) is 11.4. The summed E-state index contributed by atoms with van der Waals surface area (Å²) in [6.45, 7) is 4.03. The van der Waals surface area contributed by atoms with E-state index < -0.39 is 10.0 Å². The van der Waals surface area contributed by atoms with Gasteiger partial charge in [0.15, 0.2) is 5.03 Å². The van der Waals surface area contributed by atoms with Crippen LogP contribution in [0.3, 0.4) is 0 Å². The van der Waals surface area contributed by atoms with Gasteiger partial charge in [-0.3, -0.25) is 0 Å². The number of aromatic nitrogens is 1. The number of hydrogen-bond acceptors (Lipinski definition) is 4. The quantitative estimate of drug-likeness (QED) is 0.716. The number of aryl methyl sites for hydroxylation is 1. The van der Waals surface area contributed by atoms with Crippen LogP contribution < -0.4 is 4.31 Å². The highest BCUT2D eigenvalue weighted by molar-refractivity contribution is 9.10. The van der Waals surface area contributed by atoms with Gasteiger partial charge in [0, 0.05) is 17.3 Å². The van der Waals surface area contributed by atoms with Gasteiger partial charge in [-0.15, -0.1) is 0 Å². The van der Waals surface area contributed by atoms with Crippen LogP contribution in [0.5, 0.6) is 0 Å². The molecular formula is C15H17BrN2O3S. The number of sulfonamides is 1. The molecule has 2 aromatic rings. The molecule has 2 rings (SSSR count). The van der Waals surface area contributed by atoms with Crippen molar-refractivity contribution >= 4 is 31.6 Å². The highest BCUT2D eigenvalue weighted by Crippen LogP contribution is 2.28. The van der Waals surface area contributed by atoms with Crippen molar-refractivity contribution in [3.8, 4) is 0 Å². The van der Waals surface area contributed by atoms with E-state index in [9.17, 15) is 8.42 Å². The molecule has 0 atom stereocenters. The average molecular weight is 385 g/mol. The first-order valence-electron chi connectivity index (χ1n) is 6.74. The summed E-state index contributed by atoms with van der Waals surface area (Å²) in [4.78, 5) is 3.96. The Kier molecular flexibility index (Phi) is 5.55. The minimum atomic E-state index is -3.79. The Hall–Kier alpha value is -1.44. The van der Waals surface area contributed by atoms with Gasteiger partial charge in [0.1, 0.15) is 6.73 Å². The van der Waals surface area contributed by atoms with Crippen molar-refractivity contribution < 1.29 is 13.2 Å². The molecule has 22 heavy (non-hydrogen) atoms. The van der Waals surface area contributed by atoms with Gasteiger partial charge < -0.3 is 4.74 Å². The van der Waals surface area contributed by atoms with Gasteiger partial charge in [0.25, 0.3) is 10.0 Å². The first-order valence-corrected chi connectivity index (χ1v) is 8.97. The van der Waals surface area contributed by atoms with E-state index in [2.05, 4.69) is 20.9 Å². The van der Waals surface area contributed by atoms with Crippen molar-refractivity contribution in [2.24, 2.45) is 0 Å². The monoisotopic (exact) mass is 384 g/mol. The molecule has 0 bridgehead atoms. The number of hydrogen-bond donors (Lipinski definition) is 0. The Morgan fingerprint density at radius 1 is 1.27 bits per heavy atom. The molecule has 0 aliphatic carbocycles. The fourth-order valence-electron chi connectivity index (χ4n) is 1.91. The number of anilines is 1. The second-order valence-corrected chi connectivity index (χ2v) is 7.30. The molecule has 0 aliphatic rings. The maximum absolute atomic E-state index is 12.9. The lowest BCUT2D eigenvalue weighted by Gasteiger charge is -2.25. The molecule has 0 unspecified atom stereocenters. The summed E-state index contributed by atoms with van der Waals surface area (Å²) in [5.41, 5.74) is 1.40. The molecule has 0 saturated heterocycles. The Bertz CT molecular complexity index is 736. The Labute approximate surface area is 139 Å². The molecule has 0 saturated carbocycles. The van der Waals surface area contributed by atoms with Crippen LogP contribution in [0.2, 0.25) is 0 Å². The fraction of sp³-hybridized carbons (Fsp3) is 0.267. The average Bonchev–Trinajstić information content (AvgIpc) is 2.51. The largest absolute Gasteiger partial charge is 0.360 e. The van der Waals surface area contributed by atoms with E-state index >= 15 is 0 Å². The number of rotatable bonds is 6. The zero-order valence-electron chi connectivity index (χ0n) is 12.4. The number of nitrogens with zero attached hydrogens (tertiary/aromatic N) is 2.